The van der Waals surface area contributed by atoms with Gasteiger partial charge >= 0.3 is 35.0 Å². The maximum atomic E-state index is 12.7. The van der Waals surface area contributed by atoms with E-state index in [0.29, 0.717) is 10.0 Å². The minimum atomic E-state index is -1.25. The van der Waals surface area contributed by atoms with E-state index in [2.05, 4.69) is 38.8 Å². The molecule has 0 atom stereocenters. The van der Waals surface area contributed by atoms with Crippen LogP contribution in [0.4, 0.5) is 4.39 Å². The summed E-state index contributed by atoms with van der Waals surface area (Å²) in [4.78, 5) is 21.0. The van der Waals surface area contributed by atoms with Crippen molar-refractivity contribution in [1.82, 2.24) is 0 Å². The number of carboxylic acids is 2. The first kappa shape index (κ1) is 36.1. The zero-order chi connectivity index (χ0) is 23.1. The first-order valence-corrected chi connectivity index (χ1v) is 10.8. The summed E-state index contributed by atoms with van der Waals surface area (Å²) < 4.78 is 19.1. The predicted octanol–water partition coefficient (Wildman–Crippen LogP) is 3.26. The molecule has 1 fully saturated rings. The molecular weight excluding hydrogens is 627 g/mol. The summed E-state index contributed by atoms with van der Waals surface area (Å²) in [5.41, 5.74) is 0.936. The molecule has 1 aliphatic heterocycles. The standard InChI is InChI=1S/C9H9BrO2.C7H4BrFO2.C4H8O.C2H5.BrH.Mg/c1-2-6-5-7(10)3-4-8(6)9(11)12;8-4-1-2-5(7(10)11)6(9)3-4;1-2-4-5-3-1;1-2;;/h3-5H,2H2,1H3,(H,11,12);1-3H,(H,10,11);1-4H2;1H2,2H3;1H;/q;;;-1;;+2/p-1. The Morgan fingerprint density at radius 3 is 1.75 bits per heavy atom. The molecule has 32 heavy (non-hydrogen) atoms. The number of halogens is 4. The quantitative estimate of drug-likeness (QED) is 0.393. The average molecular weight is 653 g/mol. The van der Waals surface area contributed by atoms with Crippen molar-refractivity contribution >= 4 is 66.9 Å². The zero-order valence-electron chi connectivity index (χ0n) is 18.0. The zero-order valence-corrected chi connectivity index (χ0v) is 24.2. The van der Waals surface area contributed by atoms with Gasteiger partial charge in [0.2, 0.25) is 0 Å². The molecule has 0 aliphatic carbocycles. The van der Waals surface area contributed by atoms with Crippen molar-refractivity contribution in [2.75, 3.05) is 13.2 Å². The third-order valence-electron chi connectivity index (χ3n) is 3.67. The van der Waals surface area contributed by atoms with Crippen LogP contribution in [0.25, 0.3) is 0 Å². The third-order valence-corrected chi connectivity index (χ3v) is 4.65. The van der Waals surface area contributed by atoms with Crippen molar-refractivity contribution in [3.8, 4) is 0 Å². The summed E-state index contributed by atoms with van der Waals surface area (Å²) in [6.45, 7) is 8.94. The van der Waals surface area contributed by atoms with Crippen molar-refractivity contribution in [2.45, 2.75) is 33.1 Å². The summed E-state index contributed by atoms with van der Waals surface area (Å²) in [5.74, 6) is -2.85. The molecule has 5 nitrogen and oxygen atoms in total. The summed E-state index contributed by atoms with van der Waals surface area (Å²) in [7, 11) is 0. The third kappa shape index (κ3) is 14.6. The van der Waals surface area contributed by atoms with Gasteiger partial charge in [-0.2, -0.15) is 6.92 Å². The van der Waals surface area contributed by atoms with E-state index < -0.39 is 17.8 Å². The van der Waals surface area contributed by atoms with Crippen LogP contribution in [0.3, 0.4) is 0 Å². The molecule has 0 unspecified atom stereocenters. The van der Waals surface area contributed by atoms with Crippen molar-refractivity contribution in [2.24, 2.45) is 0 Å². The molecule has 2 aromatic carbocycles. The monoisotopic (exact) mass is 650 g/mol. The first-order valence-electron chi connectivity index (χ1n) is 9.24. The van der Waals surface area contributed by atoms with E-state index >= 15 is 0 Å². The predicted molar refractivity (Wildman–Crippen MR) is 128 cm³/mol. The maximum Gasteiger partial charge on any atom is 2.00 e. The molecule has 2 aromatic rings. The second-order valence-electron chi connectivity index (χ2n) is 5.71. The summed E-state index contributed by atoms with van der Waals surface area (Å²) in [5, 5.41) is 17.2. The van der Waals surface area contributed by atoms with Crippen LogP contribution in [0.2, 0.25) is 0 Å². The van der Waals surface area contributed by atoms with Gasteiger partial charge in [0.25, 0.3) is 0 Å². The smallest absolute Gasteiger partial charge is 1.00 e. The van der Waals surface area contributed by atoms with Crippen LogP contribution in [0, 0.1) is 12.7 Å². The molecule has 0 spiro atoms. The number of carbonyl (C=O) groups is 2. The topological polar surface area (TPSA) is 83.8 Å². The number of hydrogen-bond acceptors (Lipinski definition) is 3. The van der Waals surface area contributed by atoms with Crippen LogP contribution >= 0.6 is 31.9 Å². The maximum absolute atomic E-state index is 12.7. The van der Waals surface area contributed by atoms with E-state index in [1.807, 2.05) is 13.0 Å². The van der Waals surface area contributed by atoms with E-state index in [-0.39, 0.29) is 45.6 Å². The summed E-state index contributed by atoms with van der Waals surface area (Å²) in [6, 6.07) is 9.00. The van der Waals surface area contributed by atoms with Crippen molar-refractivity contribution in [1.29, 1.82) is 0 Å². The fraction of sp³-hybridized carbons (Fsp3) is 0.318. The van der Waals surface area contributed by atoms with Gasteiger partial charge in [-0.1, -0.05) is 38.8 Å². The molecular formula is C22H26Br3FMgO5. The van der Waals surface area contributed by atoms with E-state index in [1.165, 1.54) is 25.0 Å². The molecule has 0 amide bonds. The van der Waals surface area contributed by atoms with E-state index in [1.54, 1.807) is 19.1 Å². The Labute approximate surface area is 232 Å². The SMILES string of the molecule is C1CCOC1.CCc1cc(Br)ccc1C(=O)O.O=C(O)c1ccc(Br)cc1F.[Br-].[CH2-]C.[Mg+2]. The minimum Gasteiger partial charge on any atom is -1.00 e. The Balaban J connectivity index is -0.000000389. The van der Waals surface area contributed by atoms with Crippen molar-refractivity contribution in [3.63, 3.8) is 0 Å². The van der Waals surface area contributed by atoms with E-state index in [0.717, 1.165) is 35.7 Å². The molecule has 3 rings (SSSR count). The number of carboxylic acid groups (broad SMARTS) is 2. The fourth-order valence-electron chi connectivity index (χ4n) is 2.24. The largest absolute Gasteiger partial charge is 2.00 e. The summed E-state index contributed by atoms with van der Waals surface area (Å²) in [6.07, 6.45) is 3.29. The van der Waals surface area contributed by atoms with Gasteiger partial charge < -0.3 is 38.9 Å². The second-order valence-corrected chi connectivity index (χ2v) is 7.54. The molecule has 0 aromatic heterocycles. The molecule has 1 saturated heterocycles. The fourth-order valence-corrected chi connectivity index (χ4v) is 2.98. The number of benzene rings is 2. The minimum absolute atomic E-state index is 0. The normalized spacial score (nSPS) is 10.9. The molecule has 0 radical (unpaired) electrons. The van der Waals surface area contributed by atoms with Gasteiger partial charge in [0.1, 0.15) is 5.82 Å². The van der Waals surface area contributed by atoms with Gasteiger partial charge in [-0.3, -0.25) is 0 Å². The number of aryl methyl sites for hydroxylation is 1. The Hall–Kier alpha value is -0.524. The number of hydrogen-bond donors (Lipinski definition) is 2. The summed E-state index contributed by atoms with van der Waals surface area (Å²) >= 11 is 6.31. The Morgan fingerprint density at radius 2 is 1.41 bits per heavy atom. The number of rotatable bonds is 3. The van der Waals surface area contributed by atoms with Crippen LogP contribution in [0.1, 0.15) is 53.0 Å². The number of aromatic carboxylic acids is 2. The van der Waals surface area contributed by atoms with Gasteiger partial charge in [0.15, 0.2) is 0 Å². The van der Waals surface area contributed by atoms with Gasteiger partial charge in [0.05, 0.1) is 11.1 Å². The van der Waals surface area contributed by atoms with E-state index in [4.69, 9.17) is 14.9 Å². The van der Waals surface area contributed by atoms with Crippen molar-refractivity contribution < 1.29 is 45.9 Å². The van der Waals surface area contributed by atoms with Crippen LogP contribution in [0.5, 0.6) is 0 Å². The van der Waals surface area contributed by atoms with Crippen LogP contribution in [-0.4, -0.2) is 58.4 Å². The van der Waals surface area contributed by atoms with Crippen molar-refractivity contribution in [3.05, 3.63) is 74.8 Å². The van der Waals surface area contributed by atoms with E-state index in [9.17, 15) is 14.0 Å². The Kier molecular flexibility index (Phi) is 23.7. The van der Waals surface area contributed by atoms with Gasteiger partial charge in [-0.25, -0.2) is 14.0 Å². The Bertz CT molecular complexity index is 811. The molecule has 1 aliphatic rings. The molecule has 0 bridgehead atoms. The molecule has 1 heterocycles. The molecule has 2 N–H and O–H groups in total. The second kappa shape index (κ2) is 21.0. The average Bonchev–Trinajstić information content (AvgIpc) is 3.29. The molecule has 0 saturated carbocycles. The molecule has 174 valence electrons. The van der Waals surface area contributed by atoms with Crippen LogP contribution in [0.15, 0.2) is 45.3 Å². The molecule has 10 heteroatoms. The van der Waals surface area contributed by atoms with Crippen LogP contribution in [-0.2, 0) is 11.2 Å². The van der Waals surface area contributed by atoms with Gasteiger partial charge in [-0.15, -0.1) is 0 Å². The van der Waals surface area contributed by atoms with Gasteiger partial charge in [-0.05, 0) is 61.2 Å². The first-order chi connectivity index (χ1) is 14.3. The number of ether oxygens (including phenoxy) is 1. The Morgan fingerprint density at radius 1 is 0.969 bits per heavy atom. The van der Waals surface area contributed by atoms with Gasteiger partial charge in [0, 0.05) is 22.2 Å². The van der Waals surface area contributed by atoms with Crippen LogP contribution < -0.4 is 17.0 Å².